The zero-order chi connectivity index (χ0) is 19.1. The van der Waals surface area contributed by atoms with E-state index in [9.17, 15) is 9.90 Å². The summed E-state index contributed by atoms with van der Waals surface area (Å²) >= 11 is 15.8. The highest BCUT2D eigenvalue weighted by molar-refractivity contribution is 9.10. The fourth-order valence-electron chi connectivity index (χ4n) is 2.88. The van der Waals surface area contributed by atoms with Crippen molar-refractivity contribution in [1.82, 2.24) is 15.2 Å². The molecule has 0 amide bonds. The van der Waals surface area contributed by atoms with E-state index in [0.717, 1.165) is 15.7 Å². The molecular weight excluding hydrogens is 453 g/mol. The van der Waals surface area contributed by atoms with Crippen LogP contribution in [0.1, 0.15) is 10.5 Å². The molecule has 5 nitrogen and oxygen atoms in total. The van der Waals surface area contributed by atoms with Crippen molar-refractivity contribution in [2.45, 2.75) is 0 Å². The Hall–Kier alpha value is -2.41. The third kappa shape index (κ3) is 3.32. The number of hydrogen-bond donors (Lipinski definition) is 2. The smallest absolute Gasteiger partial charge is 0.354 e. The van der Waals surface area contributed by atoms with Gasteiger partial charge in [-0.3, -0.25) is 5.10 Å². The second-order valence-corrected chi connectivity index (χ2v) is 7.55. The summed E-state index contributed by atoms with van der Waals surface area (Å²) in [5.74, 6) is -1.14. The lowest BCUT2D eigenvalue weighted by Crippen LogP contribution is -2.01. The SMILES string of the molecule is O=C(O)c1cc(-c2ccc(Cl)cc2Cl)c2c(-c3ccc(Br)cc3)[nH]nc2n1. The number of aromatic carboxylic acids is 1. The minimum atomic E-state index is -1.14. The van der Waals surface area contributed by atoms with Gasteiger partial charge in [-0.1, -0.05) is 57.3 Å². The zero-order valence-electron chi connectivity index (χ0n) is 13.5. The van der Waals surface area contributed by atoms with Gasteiger partial charge in [-0.25, -0.2) is 9.78 Å². The van der Waals surface area contributed by atoms with Crippen LogP contribution in [0.5, 0.6) is 0 Å². The quantitative estimate of drug-likeness (QED) is 0.387. The van der Waals surface area contributed by atoms with E-state index in [-0.39, 0.29) is 5.69 Å². The first-order chi connectivity index (χ1) is 12.9. The van der Waals surface area contributed by atoms with Gasteiger partial charge in [0.05, 0.1) is 11.1 Å². The molecule has 27 heavy (non-hydrogen) atoms. The summed E-state index contributed by atoms with van der Waals surface area (Å²) in [5.41, 5.74) is 3.06. The maximum Gasteiger partial charge on any atom is 0.354 e. The van der Waals surface area contributed by atoms with Gasteiger partial charge in [-0.05, 0) is 35.9 Å². The van der Waals surface area contributed by atoms with Crippen molar-refractivity contribution in [3.8, 4) is 22.4 Å². The maximum atomic E-state index is 11.5. The monoisotopic (exact) mass is 461 g/mol. The highest BCUT2D eigenvalue weighted by Crippen LogP contribution is 2.38. The van der Waals surface area contributed by atoms with Crippen molar-refractivity contribution < 1.29 is 9.90 Å². The van der Waals surface area contributed by atoms with E-state index >= 15 is 0 Å². The van der Waals surface area contributed by atoms with Crippen LogP contribution in [-0.4, -0.2) is 26.3 Å². The second-order valence-electron chi connectivity index (χ2n) is 5.79. The molecule has 0 aliphatic rings. The third-order valence-electron chi connectivity index (χ3n) is 4.10. The molecule has 2 aromatic heterocycles. The molecule has 0 atom stereocenters. The zero-order valence-corrected chi connectivity index (χ0v) is 16.6. The van der Waals surface area contributed by atoms with Crippen LogP contribution in [-0.2, 0) is 0 Å². The van der Waals surface area contributed by atoms with Gasteiger partial charge < -0.3 is 5.11 Å². The minimum Gasteiger partial charge on any atom is -0.477 e. The van der Waals surface area contributed by atoms with Crippen molar-refractivity contribution in [2.75, 3.05) is 0 Å². The summed E-state index contributed by atoms with van der Waals surface area (Å²) < 4.78 is 0.947. The molecular formula is C19H10BrCl2N3O2. The molecule has 0 fully saturated rings. The van der Waals surface area contributed by atoms with Crippen LogP contribution in [0, 0.1) is 0 Å². The molecule has 8 heteroatoms. The molecule has 0 saturated carbocycles. The lowest BCUT2D eigenvalue weighted by molar-refractivity contribution is 0.0691. The van der Waals surface area contributed by atoms with Crippen LogP contribution in [0.2, 0.25) is 10.0 Å². The number of rotatable bonds is 3. The van der Waals surface area contributed by atoms with Crippen molar-refractivity contribution in [3.05, 3.63) is 68.7 Å². The number of pyridine rings is 1. The molecule has 0 radical (unpaired) electrons. The van der Waals surface area contributed by atoms with Gasteiger partial charge >= 0.3 is 5.97 Å². The number of carboxylic acids is 1. The predicted molar refractivity (Wildman–Crippen MR) is 109 cm³/mol. The molecule has 4 aromatic rings. The first-order valence-corrected chi connectivity index (χ1v) is 9.32. The number of benzene rings is 2. The highest BCUT2D eigenvalue weighted by atomic mass is 79.9. The molecule has 2 heterocycles. The number of aromatic nitrogens is 3. The van der Waals surface area contributed by atoms with E-state index in [1.165, 1.54) is 6.07 Å². The molecule has 0 unspecified atom stereocenters. The first-order valence-electron chi connectivity index (χ1n) is 7.78. The summed E-state index contributed by atoms with van der Waals surface area (Å²) in [6.45, 7) is 0. The van der Waals surface area contributed by atoms with E-state index < -0.39 is 5.97 Å². The third-order valence-corrected chi connectivity index (χ3v) is 5.17. The number of hydrogen-bond acceptors (Lipinski definition) is 3. The number of aromatic amines is 1. The van der Waals surface area contributed by atoms with E-state index in [1.807, 2.05) is 24.3 Å². The summed E-state index contributed by atoms with van der Waals surface area (Å²) in [5, 5.41) is 18.2. The van der Waals surface area contributed by atoms with Crippen molar-refractivity contribution >= 4 is 56.1 Å². The molecule has 2 aromatic carbocycles. The molecule has 0 saturated heterocycles. The summed E-state index contributed by atoms with van der Waals surface area (Å²) in [6, 6.07) is 14.2. The lowest BCUT2D eigenvalue weighted by Gasteiger charge is -2.09. The van der Waals surface area contributed by atoms with Gasteiger partial charge in [0.2, 0.25) is 0 Å². The van der Waals surface area contributed by atoms with Crippen LogP contribution in [0.3, 0.4) is 0 Å². The Bertz CT molecular complexity index is 1190. The molecule has 4 rings (SSSR count). The number of carbonyl (C=O) groups is 1. The number of carboxylic acid groups (broad SMARTS) is 1. The van der Waals surface area contributed by atoms with Crippen molar-refractivity contribution in [3.63, 3.8) is 0 Å². The predicted octanol–water partition coefficient (Wildman–Crippen LogP) is 6.06. The number of halogens is 3. The summed E-state index contributed by atoms with van der Waals surface area (Å²) in [4.78, 5) is 15.7. The number of H-pyrrole nitrogens is 1. The van der Waals surface area contributed by atoms with Crippen LogP contribution >= 0.6 is 39.1 Å². The van der Waals surface area contributed by atoms with Crippen LogP contribution in [0.15, 0.2) is 53.0 Å². The van der Waals surface area contributed by atoms with Gasteiger partial charge in [0.25, 0.3) is 0 Å². The van der Waals surface area contributed by atoms with Crippen molar-refractivity contribution in [2.24, 2.45) is 0 Å². The average Bonchev–Trinajstić information content (AvgIpc) is 3.06. The normalized spacial score (nSPS) is 11.1. The summed E-state index contributed by atoms with van der Waals surface area (Å²) in [6.07, 6.45) is 0. The molecule has 0 aliphatic carbocycles. The average molecular weight is 463 g/mol. The number of nitrogens with zero attached hydrogens (tertiary/aromatic N) is 2. The Morgan fingerprint density at radius 2 is 1.78 bits per heavy atom. The van der Waals surface area contributed by atoms with E-state index in [1.54, 1.807) is 18.2 Å². The Morgan fingerprint density at radius 1 is 1.04 bits per heavy atom. The van der Waals surface area contributed by atoms with Gasteiger partial charge in [0.15, 0.2) is 11.3 Å². The number of nitrogens with one attached hydrogen (secondary N) is 1. The standard InChI is InChI=1S/C19H10BrCl2N3O2/c20-10-3-1-9(2-4-10)17-16-13(12-6-5-11(21)7-14(12)22)8-15(19(26)27)23-18(16)25-24-17/h1-8H,(H,26,27)(H,23,24,25). The highest BCUT2D eigenvalue weighted by Gasteiger charge is 2.20. The minimum absolute atomic E-state index is 0.114. The Morgan fingerprint density at radius 3 is 2.44 bits per heavy atom. The van der Waals surface area contributed by atoms with E-state index in [0.29, 0.717) is 32.2 Å². The Kier molecular flexibility index (Phi) is 4.63. The van der Waals surface area contributed by atoms with Crippen LogP contribution in [0.25, 0.3) is 33.4 Å². The largest absolute Gasteiger partial charge is 0.477 e. The fraction of sp³-hybridized carbons (Fsp3) is 0. The van der Waals surface area contributed by atoms with Crippen LogP contribution < -0.4 is 0 Å². The van der Waals surface area contributed by atoms with Gasteiger partial charge in [-0.2, -0.15) is 5.10 Å². The van der Waals surface area contributed by atoms with Crippen LogP contribution in [0.4, 0.5) is 0 Å². The van der Waals surface area contributed by atoms with Gasteiger partial charge in [-0.15, -0.1) is 0 Å². The van der Waals surface area contributed by atoms with E-state index in [2.05, 4.69) is 31.1 Å². The maximum absolute atomic E-state index is 11.5. The second kappa shape index (κ2) is 6.96. The van der Waals surface area contributed by atoms with E-state index in [4.69, 9.17) is 23.2 Å². The Labute approximate surface area is 172 Å². The topological polar surface area (TPSA) is 78.9 Å². The van der Waals surface area contributed by atoms with Gasteiger partial charge in [0.1, 0.15) is 0 Å². The van der Waals surface area contributed by atoms with Crippen molar-refractivity contribution in [1.29, 1.82) is 0 Å². The summed E-state index contributed by atoms with van der Waals surface area (Å²) in [7, 11) is 0. The molecule has 0 bridgehead atoms. The fourth-order valence-corrected chi connectivity index (χ4v) is 3.65. The molecule has 2 N–H and O–H groups in total. The Balaban J connectivity index is 2.06. The first kappa shape index (κ1) is 18.0. The lowest BCUT2D eigenvalue weighted by atomic mass is 9.98. The molecule has 134 valence electrons. The van der Waals surface area contributed by atoms with Gasteiger partial charge in [0, 0.05) is 25.6 Å². The molecule has 0 aliphatic heterocycles. The molecule has 0 spiro atoms. The number of fused-ring (bicyclic) bond motifs is 1.